The molecule has 1 aromatic carbocycles. The molecule has 1 amide bonds. The Morgan fingerprint density at radius 3 is 2.63 bits per heavy atom. The summed E-state index contributed by atoms with van der Waals surface area (Å²) in [5.74, 6) is 0.946. The number of benzene rings is 1. The fourth-order valence-corrected chi connectivity index (χ4v) is 5.10. The van der Waals surface area contributed by atoms with Gasteiger partial charge in [0.15, 0.2) is 0 Å². The molecule has 2 fully saturated rings. The van der Waals surface area contributed by atoms with E-state index in [4.69, 9.17) is 5.11 Å². The van der Waals surface area contributed by atoms with Gasteiger partial charge in [0, 0.05) is 69.2 Å². The minimum absolute atomic E-state index is 0.0160. The monoisotopic (exact) mass is 475 g/mol. The van der Waals surface area contributed by atoms with Crippen molar-refractivity contribution in [1.82, 2.24) is 24.2 Å². The molecule has 2 aliphatic rings. The summed E-state index contributed by atoms with van der Waals surface area (Å²) < 4.78 is 1.94. The predicted molar refractivity (Wildman–Crippen MR) is 137 cm³/mol. The van der Waals surface area contributed by atoms with E-state index < -0.39 is 0 Å². The number of fused-ring (bicyclic) bond motifs is 1. The first-order chi connectivity index (χ1) is 17.1. The van der Waals surface area contributed by atoms with Crippen LogP contribution in [0.1, 0.15) is 24.5 Å². The van der Waals surface area contributed by atoms with Gasteiger partial charge in [-0.2, -0.15) is 0 Å². The van der Waals surface area contributed by atoms with Crippen molar-refractivity contribution in [1.29, 1.82) is 0 Å². The Labute approximate surface area is 205 Å². The van der Waals surface area contributed by atoms with Crippen LogP contribution in [0.15, 0.2) is 55.6 Å². The molecule has 9 nitrogen and oxygen atoms in total. The number of hydrogen-bond donors (Lipinski definition) is 2. The molecule has 2 aliphatic heterocycles. The van der Waals surface area contributed by atoms with Crippen molar-refractivity contribution in [3.8, 4) is 0 Å². The average Bonchev–Trinajstić information content (AvgIpc) is 3.33. The second-order valence-electron chi connectivity index (χ2n) is 9.25. The van der Waals surface area contributed by atoms with Crippen LogP contribution in [0.25, 0.3) is 5.52 Å². The minimum Gasteiger partial charge on any atom is -0.395 e. The summed E-state index contributed by atoms with van der Waals surface area (Å²) in [5, 5.41) is 12.6. The molecule has 1 atom stereocenters. The highest BCUT2D eigenvalue weighted by molar-refractivity contribution is 5.87. The molecule has 5 rings (SSSR count). The molecular weight excluding hydrogens is 442 g/mol. The summed E-state index contributed by atoms with van der Waals surface area (Å²) in [4.78, 5) is 27.9. The van der Waals surface area contributed by atoms with E-state index in [1.54, 1.807) is 12.7 Å². The summed E-state index contributed by atoms with van der Waals surface area (Å²) in [6.07, 6.45) is 6.94. The van der Waals surface area contributed by atoms with E-state index in [-0.39, 0.29) is 18.4 Å². The highest BCUT2D eigenvalue weighted by atomic mass is 16.3. The zero-order chi connectivity index (χ0) is 24.2. The number of piperazine rings is 1. The van der Waals surface area contributed by atoms with E-state index in [0.717, 1.165) is 74.8 Å². The van der Waals surface area contributed by atoms with Crippen molar-refractivity contribution in [2.24, 2.45) is 0 Å². The maximum absolute atomic E-state index is 12.1. The van der Waals surface area contributed by atoms with E-state index in [2.05, 4.69) is 55.9 Å². The van der Waals surface area contributed by atoms with Crippen LogP contribution in [-0.4, -0.2) is 87.6 Å². The zero-order valence-electron chi connectivity index (χ0n) is 20.0. The van der Waals surface area contributed by atoms with Crippen LogP contribution in [-0.2, 0) is 4.79 Å². The van der Waals surface area contributed by atoms with Crippen LogP contribution in [0.2, 0.25) is 0 Å². The lowest BCUT2D eigenvalue weighted by molar-refractivity contribution is -0.127. The van der Waals surface area contributed by atoms with Crippen LogP contribution < -0.4 is 10.2 Å². The third-order valence-electron chi connectivity index (χ3n) is 7.04. The number of carbonyl (C=O) groups excluding carboxylic acids is 1. The molecule has 0 spiro atoms. The first-order valence-electron chi connectivity index (χ1n) is 12.3. The molecule has 2 saturated heterocycles. The second kappa shape index (κ2) is 10.5. The molecule has 4 heterocycles. The number of nitrogens with zero attached hydrogens (tertiary/aromatic N) is 6. The molecule has 9 heteroatoms. The number of anilines is 3. The number of imidazole rings is 1. The molecule has 0 radical (unpaired) electrons. The van der Waals surface area contributed by atoms with Crippen molar-refractivity contribution in [3.63, 3.8) is 0 Å². The summed E-state index contributed by atoms with van der Waals surface area (Å²) in [5.41, 5.74) is 4.20. The number of nitrogens with one attached hydrogen (secondary N) is 1. The molecule has 35 heavy (non-hydrogen) atoms. The van der Waals surface area contributed by atoms with E-state index in [1.165, 1.54) is 11.8 Å². The summed E-state index contributed by atoms with van der Waals surface area (Å²) in [7, 11) is 0. The highest BCUT2D eigenvalue weighted by Crippen LogP contribution is 2.30. The van der Waals surface area contributed by atoms with Gasteiger partial charge in [-0.05, 0) is 43.2 Å². The van der Waals surface area contributed by atoms with Gasteiger partial charge in [0.05, 0.1) is 17.8 Å². The fourth-order valence-electron chi connectivity index (χ4n) is 5.10. The lowest BCUT2D eigenvalue weighted by Gasteiger charge is -2.35. The first kappa shape index (κ1) is 23.3. The first-order valence-corrected chi connectivity index (χ1v) is 12.3. The lowest BCUT2D eigenvalue weighted by atomic mass is 9.94. The third-order valence-corrected chi connectivity index (χ3v) is 7.04. The Morgan fingerprint density at radius 2 is 1.89 bits per heavy atom. The van der Waals surface area contributed by atoms with Gasteiger partial charge in [0.2, 0.25) is 5.91 Å². The molecule has 1 unspecified atom stereocenters. The summed E-state index contributed by atoms with van der Waals surface area (Å²) in [6, 6.07) is 10.5. The van der Waals surface area contributed by atoms with Crippen molar-refractivity contribution >= 4 is 28.6 Å². The van der Waals surface area contributed by atoms with Gasteiger partial charge in [0.25, 0.3) is 0 Å². The van der Waals surface area contributed by atoms with Gasteiger partial charge >= 0.3 is 0 Å². The zero-order valence-corrected chi connectivity index (χ0v) is 20.0. The molecule has 2 aromatic heterocycles. The highest BCUT2D eigenvalue weighted by Gasteiger charge is 2.26. The Morgan fingerprint density at radius 1 is 1.11 bits per heavy atom. The van der Waals surface area contributed by atoms with E-state index >= 15 is 0 Å². The maximum Gasteiger partial charge on any atom is 0.245 e. The standard InChI is InChI=1S/C26H33N7O2/c1-2-25(35)32-9-3-4-20(17-32)26-23-16-24(27-18-33(23)19-28-26)29-21-5-7-22(8-6-21)31-12-10-30(11-13-31)14-15-34/h2,5-8,16,18-20,29,34H,1,3-4,9-15,17H2. The van der Waals surface area contributed by atoms with Crippen molar-refractivity contribution in [3.05, 3.63) is 61.3 Å². The number of piperidine rings is 1. The van der Waals surface area contributed by atoms with Gasteiger partial charge in [0.1, 0.15) is 18.5 Å². The van der Waals surface area contributed by atoms with Crippen molar-refractivity contribution < 1.29 is 9.90 Å². The smallest absolute Gasteiger partial charge is 0.245 e. The molecular formula is C26H33N7O2. The number of aliphatic hydroxyl groups excluding tert-OH is 1. The van der Waals surface area contributed by atoms with E-state index in [1.807, 2.05) is 15.4 Å². The second-order valence-corrected chi connectivity index (χ2v) is 9.25. The Balaban J connectivity index is 1.27. The number of amides is 1. The molecule has 2 N–H and O–H groups in total. The number of hydrogen-bond acceptors (Lipinski definition) is 7. The van der Waals surface area contributed by atoms with Gasteiger partial charge in [-0.3, -0.25) is 14.1 Å². The van der Waals surface area contributed by atoms with Gasteiger partial charge in [-0.15, -0.1) is 0 Å². The number of aromatic nitrogens is 3. The van der Waals surface area contributed by atoms with Gasteiger partial charge in [-0.1, -0.05) is 6.58 Å². The summed E-state index contributed by atoms with van der Waals surface area (Å²) in [6.45, 7) is 9.90. The number of likely N-dealkylation sites (tertiary alicyclic amines) is 1. The Hall–Kier alpha value is -3.43. The topological polar surface area (TPSA) is 89.2 Å². The van der Waals surface area contributed by atoms with Crippen LogP contribution in [0, 0.1) is 0 Å². The number of β-amino-alcohol motifs (C(OH)–C–C–N with tert-alkyl or cyclic N) is 1. The van der Waals surface area contributed by atoms with E-state index in [0.29, 0.717) is 6.54 Å². The molecule has 0 aliphatic carbocycles. The van der Waals surface area contributed by atoms with Crippen LogP contribution in [0.3, 0.4) is 0 Å². The van der Waals surface area contributed by atoms with Crippen molar-refractivity contribution in [2.75, 3.05) is 62.6 Å². The van der Waals surface area contributed by atoms with Gasteiger partial charge < -0.3 is 20.2 Å². The average molecular weight is 476 g/mol. The Kier molecular flexibility index (Phi) is 6.96. The lowest BCUT2D eigenvalue weighted by Crippen LogP contribution is -2.47. The van der Waals surface area contributed by atoms with Crippen molar-refractivity contribution in [2.45, 2.75) is 18.8 Å². The SMILES string of the molecule is C=CC(=O)N1CCCC(c2ncn3cnc(Nc4ccc(N5CCN(CCO)CC5)cc4)cc23)C1. The van der Waals surface area contributed by atoms with Gasteiger partial charge in [-0.25, -0.2) is 9.97 Å². The number of aliphatic hydroxyl groups is 1. The molecule has 3 aromatic rings. The Bertz CT molecular complexity index is 1170. The van der Waals surface area contributed by atoms with Crippen LogP contribution in [0.4, 0.5) is 17.2 Å². The quantitative estimate of drug-likeness (QED) is 0.508. The normalized spacial score (nSPS) is 19.2. The maximum atomic E-state index is 12.1. The third kappa shape index (κ3) is 5.16. The minimum atomic E-state index is -0.0160. The van der Waals surface area contributed by atoms with Crippen LogP contribution >= 0.6 is 0 Å². The largest absolute Gasteiger partial charge is 0.395 e. The number of rotatable bonds is 7. The molecule has 0 bridgehead atoms. The summed E-state index contributed by atoms with van der Waals surface area (Å²) >= 11 is 0. The molecule has 0 saturated carbocycles. The van der Waals surface area contributed by atoms with E-state index in [9.17, 15) is 4.79 Å². The predicted octanol–water partition coefficient (Wildman–Crippen LogP) is 2.48. The molecule has 184 valence electrons. The fraction of sp³-hybridized carbons (Fsp3) is 0.423. The number of carbonyl (C=O) groups is 1. The van der Waals surface area contributed by atoms with Crippen LogP contribution in [0.5, 0.6) is 0 Å².